The van der Waals surface area contributed by atoms with E-state index in [1.165, 1.54) is 23.8 Å². The standard InChI is InChI=1S/C11H11BrF3NO4S/c1-6-3-4-7(12)5-8(6)21(19,20)16-10(2,9(17)18)11(13,14)15/h3-5,16H,1-2H3,(H,17,18). The van der Waals surface area contributed by atoms with E-state index in [0.29, 0.717) is 4.47 Å². The SMILES string of the molecule is Cc1ccc(Br)cc1S(=O)(=O)NC(C)(C(=O)O)C(F)(F)F. The zero-order chi connectivity index (χ0) is 16.6. The van der Waals surface area contributed by atoms with Gasteiger partial charge in [-0.25, -0.2) is 13.2 Å². The normalized spacial score (nSPS) is 15.5. The summed E-state index contributed by atoms with van der Waals surface area (Å²) in [5, 5.41) is 8.75. The molecule has 2 N–H and O–H groups in total. The van der Waals surface area contributed by atoms with Gasteiger partial charge in [0, 0.05) is 4.47 Å². The first-order chi connectivity index (χ1) is 9.31. The maximum atomic E-state index is 12.9. The first-order valence-electron chi connectivity index (χ1n) is 5.41. The lowest BCUT2D eigenvalue weighted by Crippen LogP contribution is -2.61. The number of nitrogens with one attached hydrogen (secondary N) is 1. The van der Waals surface area contributed by atoms with Gasteiger partial charge in [0.1, 0.15) is 0 Å². The summed E-state index contributed by atoms with van der Waals surface area (Å²) in [4.78, 5) is 10.4. The van der Waals surface area contributed by atoms with Crippen LogP contribution in [-0.2, 0) is 14.8 Å². The molecule has 0 radical (unpaired) electrons. The summed E-state index contributed by atoms with van der Waals surface area (Å²) in [6.45, 7) is 1.63. The van der Waals surface area contributed by atoms with Crippen molar-refractivity contribution in [3.8, 4) is 0 Å². The van der Waals surface area contributed by atoms with Crippen LogP contribution in [0.4, 0.5) is 13.2 Å². The highest BCUT2D eigenvalue weighted by atomic mass is 79.9. The van der Waals surface area contributed by atoms with Crippen molar-refractivity contribution in [1.82, 2.24) is 4.72 Å². The van der Waals surface area contributed by atoms with Crippen molar-refractivity contribution in [2.75, 3.05) is 0 Å². The topological polar surface area (TPSA) is 83.5 Å². The monoisotopic (exact) mass is 389 g/mol. The minimum Gasteiger partial charge on any atom is -0.480 e. The second-order valence-corrected chi connectivity index (χ2v) is 7.01. The number of carbonyl (C=O) groups is 1. The van der Waals surface area contributed by atoms with Crippen molar-refractivity contribution in [2.24, 2.45) is 0 Å². The Kier molecular flexibility index (Phi) is 4.76. The van der Waals surface area contributed by atoms with Crippen LogP contribution < -0.4 is 4.72 Å². The van der Waals surface area contributed by atoms with Crippen molar-refractivity contribution in [3.05, 3.63) is 28.2 Å². The third-order valence-electron chi connectivity index (χ3n) is 2.77. The number of hydrogen-bond donors (Lipinski definition) is 2. The number of carboxylic acids is 1. The molecule has 5 nitrogen and oxygen atoms in total. The fourth-order valence-electron chi connectivity index (χ4n) is 1.41. The van der Waals surface area contributed by atoms with Gasteiger partial charge in [0.2, 0.25) is 15.6 Å². The first-order valence-corrected chi connectivity index (χ1v) is 7.69. The second-order valence-electron chi connectivity index (χ2n) is 4.44. The lowest BCUT2D eigenvalue weighted by atomic mass is 10.0. The zero-order valence-corrected chi connectivity index (χ0v) is 13.2. The van der Waals surface area contributed by atoms with Gasteiger partial charge in [-0.3, -0.25) is 0 Å². The van der Waals surface area contributed by atoms with E-state index >= 15 is 0 Å². The van der Waals surface area contributed by atoms with Crippen LogP contribution in [0, 0.1) is 6.92 Å². The van der Waals surface area contributed by atoms with Gasteiger partial charge in [0.05, 0.1) is 4.90 Å². The Morgan fingerprint density at radius 2 is 1.86 bits per heavy atom. The Labute approximate surface area is 127 Å². The lowest BCUT2D eigenvalue weighted by Gasteiger charge is -2.28. The largest absolute Gasteiger partial charge is 0.480 e. The molecule has 0 aliphatic carbocycles. The summed E-state index contributed by atoms with van der Waals surface area (Å²) >= 11 is 3.01. The van der Waals surface area contributed by atoms with Crippen molar-refractivity contribution < 1.29 is 31.5 Å². The third-order valence-corrected chi connectivity index (χ3v) is 4.96. The van der Waals surface area contributed by atoms with Crippen LogP contribution in [0.1, 0.15) is 12.5 Å². The number of alkyl halides is 3. The molecular formula is C11H11BrF3NO4S. The van der Waals surface area contributed by atoms with Crippen LogP contribution >= 0.6 is 15.9 Å². The van der Waals surface area contributed by atoms with E-state index in [2.05, 4.69) is 15.9 Å². The number of halogens is 4. The molecule has 10 heteroatoms. The summed E-state index contributed by atoms with van der Waals surface area (Å²) < 4.78 is 64.3. The maximum absolute atomic E-state index is 12.9. The van der Waals surface area contributed by atoms with Gasteiger partial charge in [0.15, 0.2) is 0 Å². The number of hydrogen-bond acceptors (Lipinski definition) is 3. The molecule has 0 aliphatic heterocycles. The third kappa shape index (κ3) is 3.55. The predicted octanol–water partition coefficient (Wildman–Crippen LogP) is 2.44. The molecule has 0 bridgehead atoms. The van der Waals surface area contributed by atoms with Crippen molar-refractivity contribution in [2.45, 2.75) is 30.5 Å². The number of carboxylic acid groups (broad SMARTS) is 1. The molecule has 0 heterocycles. The van der Waals surface area contributed by atoms with E-state index in [9.17, 15) is 26.4 Å². The Hall–Kier alpha value is -1.13. The van der Waals surface area contributed by atoms with Gasteiger partial charge < -0.3 is 5.11 Å². The highest BCUT2D eigenvalue weighted by molar-refractivity contribution is 9.10. The molecule has 1 atom stereocenters. The number of sulfonamides is 1. The van der Waals surface area contributed by atoms with Gasteiger partial charge in [-0.2, -0.15) is 17.9 Å². The lowest BCUT2D eigenvalue weighted by molar-refractivity contribution is -0.201. The van der Waals surface area contributed by atoms with Crippen LogP contribution in [0.5, 0.6) is 0 Å². The van der Waals surface area contributed by atoms with Gasteiger partial charge in [0.25, 0.3) is 0 Å². The van der Waals surface area contributed by atoms with E-state index < -0.39 is 32.6 Å². The molecule has 0 spiro atoms. The van der Waals surface area contributed by atoms with Crippen LogP contribution in [0.15, 0.2) is 27.6 Å². The van der Waals surface area contributed by atoms with Crippen LogP contribution in [0.25, 0.3) is 0 Å². The van der Waals surface area contributed by atoms with E-state index in [0.717, 1.165) is 6.07 Å². The molecule has 0 aromatic heterocycles. The Morgan fingerprint density at radius 1 is 1.33 bits per heavy atom. The Balaban J connectivity index is 3.39. The minimum atomic E-state index is -5.30. The number of benzene rings is 1. The van der Waals surface area contributed by atoms with Crippen LogP contribution in [0.2, 0.25) is 0 Å². The molecule has 1 aromatic rings. The van der Waals surface area contributed by atoms with Crippen molar-refractivity contribution in [3.63, 3.8) is 0 Å². The van der Waals surface area contributed by atoms with Crippen molar-refractivity contribution in [1.29, 1.82) is 0 Å². The molecule has 0 fully saturated rings. The molecule has 1 unspecified atom stereocenters. The molecule has 0 saturated carbocycles. The van der Waals surface area contributed by atoms with E-state index in [1.807, 2.05) is 0 Å². The average Bonchev–Trinajstić information content (AvgIpc) is 2.29. The molecule has 21 heavy (non-hydrogen) atoms. The van der Waals surface area contributed by atoms with Gasteiger partial charge >= 0.3 is 12.1 Å². The maximum Gasteiger partial charge on any atom is 0.418 e. The minimum absolute atomic E-state index is 0.181. The molecule has 1 aromatic carbocycles. The molecule has 0 aliphatic rings. The Bertz CT molecular complexity index is 675. The summed E-state index contributed by atoms with van der Waals surface area (Å²) in [7, 11) is -4.68. The average molecular weight is 390 g/mol. The summed E-state index contributed by atoms with van der Waals surface area (Å²) in [6.07, 6.45) is -5.30. The van der Waals surface area contributed by atoms with Crippen LogP contribution in [0.3, 0.4) is 0 Å². The number of aryl methyl sites for hydroxylation is 1. The molecule has 0 amide bonds. The first kappa shape index (κ1) is 17.9. The van der Waals surface area contributed by atoms with Crippen molar-refractivity contribution >= 4 is 31.9 Å². The summed E-state index contributed by atoms with van der Waals surface area (Å²) in [5.41, 5.74) is -3.44. The van der Waals surface area contributed by atoms with Gasteiger partial charge in [-0.15, -0.1) is 0 Å². The highest BCUT2D eigenvalue weighted by Crippen LogP contribution is 2.32. The quantitative estimate of drug-likeness (QED) is 0.828. The van der Waals surface area contributed by atoms with E-state index in [1.54, 1.807) is 0 Å². The fraction of sp³-hybridized carbons (Fsp3) is 0.364. The van der Waals surface area contributed by atoms with Gasteiger partial charge in [-0.05, 0) is 31.5 Å². The highest BCUT2D eigenvalue weighted by Gasteiger charge is 2.59. The zero-order valence-electron chi connectivity index (χ0n) is 10.8. The van der Waals surface area contributed by atoms with E-state index in [4.69, 9.17) is 5.11 Å². The smallest absolute Gasteiger partial charge is 0.418 e. The molecular weight excluding hydrogens is 379 g/mol. The fourth-order valence-corrected chi connectivity index (χ4v) is 3.55. The molecule has 0 saturated heterocycles. The van der Waals surface area contributed by atoms with Gasteiger partial charge in [-0.1, -0.05) is 22.0 Å². The van der Waals surface area contributed by atoms with E-state index in [-0.39, 0.29) is 12.5 Å². The molecule has 118 valence electrons. The summed E-state index contributed by atoms with van der Waals surface area (Å²) in [5.74, 6) is -2.34. The molecule has 1 rings (SSSR count). The number of aliphatic carboxylic acids is 1. The summed E-state index contributed by atoms with van der Waals surface area (Å²) in [6, 6.07) is 3.98. The Morgan fingerprint density at radius 3 is 2.29 bits per heavy atom. The second kappa shape index (κ2) is 5.58. The van der Waals surface area contributed by atoms with Crippen LogP contribution in [-0.4, -0.2) is 31.2 Å². The number of rotatable bonds is 4. The predicted molar refractivity (Wildman–Crippen MR) is 71.3 cm³/mol.